The lowest BCUT2D eigenvalue weighted by atomic mass is 9.92. The number of carbonyl (C=O) groups excluding carboxylic acids is 1. The van der Waals surface area contributed by atoms with Crippen LogP contribution in [0.25, 0.3) is 0 Å². The van der Waals surface area contributed by atoms with Crippen LogP contribution in [0.5, 0.6) is 0 Å². The Balaban J connectivity index is 1.96. The molecule has 2 aliphatic rings. The highest BCUT2D eigenvalue weighted by molar-refractivity contribution is 5.84. The Labute approximate surface area is 152 Å². The molecule has 1 atom stereocenters. The van der Waals surface area contributed by atoms with Crippen molar-refractivity contribution in [3.8, 4) is 0 Å². The topological polar surface area (TPSA) is 69.2 Å². The van der Waals surface area contributed by atoms with Crippen molar-refractivity contribution in [1.82, 2.24) is 20.4 Å². The van der Waals surface area contributed by atoms with Gasteiger partial charge in [0.15, 0.2) is 5.96 Å². The van der Waals surface area contributed by atoms with Crippen LogP contribution in [-0.4, -0.2) is 86.7 Å². The van der Waals surface area contributed by atoms with Crippen LogP contribution in [0.3, 0.4) is 0 Å². The number of morpholine rings is 1. The van der Waals surface area contributed by atoms with Crippen molar-refractivity contribution < 1.29 is 9.53 Å². The van der Waals surface area contributed by atoms with E-state index in [0.29, 0.717) is 19.1 Å². The van der Waals surface area contributed by atoms with E-state index in [9.17, 15) is 4.79 Å². The van der Waals surface area contributed by atoms with E-state index in [2.05, 4.69) is 27.4 Å². The summed E-state index contributed by atoms with van der Waals surface area (Å²) in [5.74, 6) is 0.984. The standard InChI is InChI=1S/C18H35N5O2/c1-5-19-16(24)18(3,4)14-21-17(20-6-2)23-8-7-15(13-23)22-9-11-25-12-10-22/h15H,5-14H2,1-4H3,(H,19,24)(H,20,21). The summed E-state index contributed by atoms with van der Waals surface area (Å²) < 4.78 is 5.46. The van der Waals surface area contributed by atoms with E-state index < -0.39 is 5.41 Å². The summed E-state index contributed by atoms with van der Waals surface area (Å²) in [6.45, 7) is 15.6. The van der Waals surface area contributed by atoms with Gasteiger partial charge in [-0.2, -0.15) is 0 Å². The van der Waals surface area contributed by atoms with Crippen molar-refractivity contribution in [3.63, 3.8) is 0 Å². The largest absolute Gasteiger partial charge is 0.379 e. The molecule has 0 saturated carbocycles. The molecule has 0 spiro atoms. The molecule has 0 aromatic rings. The van der Waals surface area contributed by atoms with Crippen LogP contribution in [0.15, 0.2) is 4.99 Å². The first-order valence-electron chi connectivity index (χ1n) is 9.61. The maximum atomic E-state index is 12.2. The molecule has 2 N–H and O–H groups in total. The summed E-state index contributed by atoms with van der Waals surface area (Å²) in [7, 11) is 0. The highest BCUT2D eigenvalue weighted by atomic mass is 16.5. The van der Waals surface area contributed by atoms with Crippen LogP contribution in [0.4, 0.5) is 0 Å². The van der Waals surface area contributed by atoms with Crippen molar-refractivity contribution in [2.45, 2.75) is 40.2 Å². The summed E-state index contributed by atoms with van der Waals surface area (Å²) in [5, 5.41) is 6.29. The van der Waals surface area contributed by atoms with Gasteiger partial charge in [-0.25, -0.2) is 0 Å². The number of aliphatic imine (C=N–C) groups is 1. The van der Waals surface area contributed by atoms with Crippen molar-refractivity contribution in [3.05, 3.63) is 0 Å². The molecule has 0 radical (unpaired) electrons. The number of carbonyl (C=O) groups is 1. The minimum Gasteiger partial charge on any atom is -0.379 e. The van der Waals surface area contributed by atoms with Crippen LogP contribution in [0.2, 0.25) is 0 Å². The predicted molar refractivity (Wildman–Crippen MR) is 101 cm³/mol. The fourth-order valence-electron chi connectivity index (χ4n) is 3.34. The summed E-state index contributed by atoms with van der Waals surface area (Å²) >= 11 is 0. The Kier molecular flexibility index (Phi) is 7.50. The van der Waals surface area contributed by atoms with Gasteiger partial charge >= 0.3 is 0 Å². The fourth-order valence-corrected chi connectivity index (χ4v) is 3.34. The third-order valence-electron chi connectivity index (χ3n) is 4.94. The van der Waals surface area contributed by atoms with Crippen LogP contribution >= 0.6 is 0 Å². The molecule has 1 amide bonds. The first kappa shape index (κ1) is 20.0. The number of ether oxygens (including phenoxy) is 1. The van der Waals surface area contributed by atoms with Crippen LogP contribution < -0.4 is 10.6 Å². The van der Waals surface area contributed by atoms with Gasteiger partial charge in [0.2, 0.25) is 5.91 Å². The minimum absolute atomic E-state index is 0.0576. The molecule has 2 rings (SSSR count). The molecule has 0 aromatic heterocycles. The molecular formula is C18H35N5O2. The molecule has 25 heavy (non-hydrogen) atoms. The number of likely N-dealkylation sites (tertiary alicyclic amines) is 1. The van der Waals surface area contributed by atoms with Crippen LogP contribution in [0, 0.1) is 5.41 Å². The second kappa shape index (κ2) is 9.38. The smallest absolute Gasteiger partial charge is 0.227 e. The van der Waals surface area contributed by atoms with Gasteiger partial charge < -0.3 is 20.3 Å². The van der Waals surface area contributed by atoms with E-state index in [0.717, 1.165) is 58.3 Å². The summed E-state index contributed by atoms with van der Waals surface area (Å²) in [6, 6.07) is 0.573. The summed E-state index contributed by atoms with van der Waals surface area (Å²) in [5.41, 5.74) is -0.500. The van der Waals surface area contributed by atoms with Gasteiger partial charge in [0.05, 0.1) is 25.2 Å². The lowest BCUT2D eigenvalue weighted by Crippen LogP contribution is -2.47. The maximum Gasteiger partial charge on any atom is 0.227 e. The van der Waals surface area contributed by atoms with Crippen molar-refractivity contribution >= 4 is 11.9 Å². The highest BCUT2D eigenvalue weighted by Gasteiger charge is 2.31. The lowest BCUT2D eigenvalue weighted by Gasteiger charge is -2.32. The molecular weight excluding hydrogens is 318 g/mol. The molecule has 2 aliphatic heterocycles. The normalized spacial score (nSPS) is 23.0. The lowest BCUT2D eigenvalue weighted by molar-refractivity contribution is -0.128. The number of guanidine groups is 1. The minimum atomic E-state index is -0.500. The third-order valence-corrected chi connectivity index (χ3v) is 4.94. The Morgan fingerprint density at radius 2 is 1.84 bits per heavy atom. The number of nitrogens with zero attached hydrogens (tertiary/aromatic N) is 3. The van der Waals surface area contributed by atoms with Crippen LogP contribution in [0.1, 0.15) is 34.1 Å². The average Bonchev–Trinajstić information content (AvgIpc) is 3.09. The number of hydrogen-bond donors (Lipinski definition) is 2. The first-order valence-corrected chi connectivity index (χ1v) is 9.61. The van der Waals surface area contributed by atoms with E-state index >= 15 is 0 Å². The van der Waals surface area contributed by atoms with E-state index in [-0.39, 0.29) is 5.91 Å². The zero-order chi connectivity index (χ0) is 18.3. The number of rotatable bonds is 6. The van der Waals surface area contributed by atoms with Crippen molar-refractivity contribution in [2.24, 2.45) is 10.4 Å². The Hall–Kier alpha value is -1.34. The molecule has 2 fully saturated rings. The van der Waals surface area contributed by atoms with Gasteiger partial charge in [-0.15, -0.1) is 0 Å². The van der Waals surface area contributed by atoms with Gasteiger partial charge in [0, 0.05) is 45.3 Å². The van der Waals surface area contributed by atoms with Gasteiger partial charge in [-0.05, 0) is 34.1 Å². The average molecular weight is 354 g/mol. The zero-order valence-electron chi connectivity index (χ0n) is 16.3. The monoisotopic (exact) mass is 353 g/mol. The SMILES string of the molecule is CCNC(=O)C(C)(C)CN=C(NCC)N1CCC(N2CCOCC2)C1. The molecule has 144 valence electrons. The van der Waals surface area contributed by atoms with E-state index in [1.165, 1.54) is 0 Å². The van der Waals surface area contributed by atoms with Gasteiger partial charge in [0.25, 0.3) is 0 Å². The molecule has 7 nitrogen and oxygen atoms in total. The summed E-state index contributed by atoms with van der Waals surface area (Å²) in [6.07, 6.45) is 1.16. The Morgan fingerprint density at radius 1 is 1.16 bits per heavy atom. The molecule has 1 unspecified atom stereocenters. The zero-order valence-corrected chi connectivity index (χ0v) is 16.3. The molecule has 2 saturated heterocycles. The Bertz CT molecular complexity index is 460. The second-order valence-corrected chi connectivity index (χ2v) is 7.45. The number of hydrogen-bond acceptors (Lipinski definition) is 4. The second-order valence-electron chi connectivity index (χ2n) is 7.45. The number of nitrogens with one attached hydrogen (secondary N) is 2. The van der Waals surface area contributed by atoms with E-state index in [4.69, 9.17) is 9.73 Å². The van der Waals surface area contributed by atoms with E-state index in [1.807, 2.05) is 20.8 Å². The number of amides is 1. The third kappa shape index (κ3) is 5.57. The van der Waals surface area contributed by atoms with Crippen molar-refractivity contribution in [1.29, 1.82) is 0 Å². The molecule has 0 bridgehead atoms. The summed E-state index contributed by atoms with van der Waals surface area (Å²) in [4.78, 5) is 21.8. The van der Waals surface area contributed by atoms with Gasteiger partial charge in [0.1, 0.15) is 0 Å². The van der Waals surface area contributed by atoms with E-state index in [1.54, 1.807) is 0 Å². The van der Waals surface area contributed by atoms with Crippen molar-refractivity contribution in [2.75, 3.05) is 59.0 Å². The molecule has 2 heterocycles. The molecule has 0 aliphatic carbocycles. The van der Waals surface area contributed by atoms with Gasteiger partial charge in [-0.3, -0.25) is 14.7 Å². The Morgan fingerprint density at radius 3 is 2.48 bits per heavy atom. The highest BCUT2D eigenvalue weighted by Crippen LogP contribution is 2.19. The predicted octanol–water partition coefficient (Wildman–Crippen LogP) is 0.521. The van der Waals surface area contributed by atoms with Gasteiger partial charge in [-0.1, -0.05) is 0 Å². The molecule has 7 heteroatoms. The van der Waals surface area contributed by atoms with Crippen LogP contribution in [-0.2, 0) is 9.53 Å². The molecule has 0 aromatic carbocycles. The quantitative estimate of drug-likeness (QED) is 0.538. The fraction of sp³-hybridized carbons (Fsp3) is 0.889. The maximum absolute atomic E-state index is 12.2. The first-order chi connectivity index (χ1) is 12.0.